The summed E-state index contributed by atoms with van der Waals surface area (Å²) in [5.74, 6) is 0.700. The van der Waals surface area contributed by atoms with Crippen LogP contribution in [0.15, 0.2) is 237 Å². The summed E-state index contributed by atoms with van der Waals surface area (Å²) < 4.78 is 5.19. The van der Waals surface area contributed by atoms with Gasteiger partial charge in [0.15, 0.2) is 5.82 Å². The van der Waals surface area contributed by atoms with Crippen LogP contribution in [-0.2, 0) is 0 Å². The van der Waals surface area contributed by atoms with Crippen molar-refractivity contribution in [2.24, 2.45) is 0 Å². The topological polar surface area (TPSA) is 30.2 Å². The highest BCUT2D eigenvalue weighted by Gasteiger charge is 2.21. The maximum Gasteiger partial charge on any atom is 0.160 e. The zero-order valence-corrected chi connectivity index (χ0v) is 37.6. The zero-order chi connectivity index (χ0) is 44.7. The molecule has 0 aliphatic carbocycles. The maximum absolute atomic E-state index is 5.13. The Labute approximate surface area is 396 Å². The van der Waals surface area contributed by atoms with Gasteiger partial charge in [-0.3, -0.25) is 0 Å². The lowest BCUT2D eigenvalue weighted by Crippen LogP contribution is -1.96. The van der Waals surface area contributed by atoms with Crippen LogP contribution in [0.5, 0.6) is 0 Å². The van der Waals surface area contributed by atoms with Crippen LogP contribution in [0.2, 0.25) is 0 Å². The number of nitrogens with zero attached hydrogens (tertiary/aromatic N) is 3. The third-order valence-corrected chi connectivity index (χ3v) is 14.9. The van der Waals surface area contributed by atoms with E-state index in [9.17, 15) is 0 Å². The van der Waals surface area contributed by atoms with Crippen LogP contribution in [0.4, 0.5) is 0 Å². The SMILES string of the molecule is c1ccc(-c2cc(-c3ccccc3)nc(-c3cccc(-c4cccc(-c5cccc(-c6cccc7c8cccc9c%10ccc(-c%11cccc%12sc%13ccccc%13c%11%12)cc%10n(c67)c98)c5)c4)c3)n2)cc1. The van der Waals surface area contributed by atoms with E-state index in [-0.39, 0.29) is 0 Å². The molecule has 3 nitrogen and oxygen atoms in total. The average molecular weight is 882 g/mol. The van der Waals surface area contributed by atoms with Gasteiger partial charge in [0.2, 0.25) is 0 Å². The minimum absolute atomic E-state index is 0.700. The summed E-state index contributed by atoms with van der Waals surface area (Å²) in [7, 11) is 0. The van der Waals surface area contributed by atoms with E-state index >= 15 is 0 Å². The first-order chi connectivity index (χ1) is 33.7. The van der Waals surface area contributed by atoms with Gasteiger partial charge in [-0.1, -0.05) is 194 Å². The van der Waals surface area contributed by atoms with E-state index in [2.05, 4.69) is 229 Å². The molecule has 316 valence electrons. The number of aromatic nitrogens is 3. The fourth-order valence-electron chi connectivity index (χ4n) is 10.6. The van der Waals surface area contributed by atoms with E-state index in [1.807, 2.05) is 23.5 Å². The van der Waals surface area contributed by atoms with Gasteiger partial charge in [-0.15, -0.1) is 11.3 Å². The largest absolute Gasteiger partial charge is 0.307 e. The third-order valence-electron chi connectivity index (χ3n) is 13.7. The highest BCUT2D eigenvalue weighted by Crippen LogP contribution is 2.46. The normalized spacial score (nSPS) is 11.8. The Morgan fingerprint density at radius 3 is 1.47 bits per heavy atom. The molecule has 14 aromatic rings. The van der Waals surface area contributed by atoms with Crippen LogP contribution in [0.1, 0.15) is 0 Å². The molecule has 0 spiro atoms. The third kappa shape index (κ3) is 6.19. The lowest BCUT2D eigenvalue weighted by molar-refractivity contribution is 1.18. The Hall–Kier alpha value is -8.70. The summed E-state index contributed by atoms with van der Waals surface area (Å²) in [6, 6.07) is 85.6. The molecule has 0 aliphatic heterocycles. The Kier molecular flexibility index (Phi) is 8.76. The van der Waals surface area contributed by atoms with Crippen LogP contribution in [-0.4, -0.2) is 14.4 Å². The molecule has 4 heterocycles. The number of hydrogen-bond acceptors (Lipinski definition) is 3. The van der Waals surface area contributed by atoms with Crippen molar-refractivity contribution >= 4 is 69.6 Å². The minimum Gasteiger partial charge on any atom is -0.307 e. The van der Waals surface area contributed by atoms with Crippen LogP contribution in [0.25, 0.3) is 137 Å². The molecular formula is C64H39N3S. The van der Waals surface area contributed by atoms with Crippen molar-refractivity contribution in [1.29, 1.82) is 0 Å². The number of benzene rings is 10. The molecule has 0 radical (unpaired) electrons. The lowest BCUT2D eigenvalue weighted by Gasteiger charge is -2.12. The van der Waals surface area contributed by atoms with Gasteiger partial charge in [-0.05, 0) is 81.4 Å². The molecule has 4 heteroatoms. The molecule has 0 aliphatic rings. The van der Waals surface area contributed by atoms with Crippen molar-refractivity contribution in [2.45, 2.75) is 0 Å². The standard InChI is InChI=1S/C64H39N3S/c1-3-15-40(16-4-1)56-39-57(41-17-5-2-6-18-41)66-64(65-56)48-24-11-22-45(37-48)43-20-9-19-42(35-43)44-21-10-23-46(36-44)50-27-12-29-53-54-30-13-28-52-51-34-33-47(38-58(51)67(62(50)53)63(52)54)49-26-14-32-60-61(49)55-25-7-8-31-59(55)68-60/h1-39H. The van der Waals surface area contributed by atoms with Crippen molar-refractivity contribution in [1.82, 2.24) is 14.4 Å². The van der Waals surface area contributed by atoms with Crippen LogP contribution in [0, 0.1) is 0 Å². The van der Waals surface area contributed by atoms with E-state index in [1.54, 1.807) is 0 Å². The van der Waals surface area contributed by atoms with Crippen molar-refractivity contribution < 1.29 is 0 Å². The fraction of sp³-hybridized carbons (Fsp3) is 0. The highest BCUT2D eigenvalue weighted by molar-refractivity contribution is 7.25. The molecule has 10 aromatic carbocycles. The molecule has 14 rings (SSSR count). The second kappa shape index (κ2) is 15.5. The van der Waals surface area contributed by atoms with Crippen LogP contribution >= 0.6 is 11.3 Å². The van der Waals surface area contributed by atoms with Crippen molar-refractivity contribution in [2.75, 3.05) is 0 Å². The monoisotopic (exact) mass is 881 g/mol. The van der Waals surface area contributed by atoms with Gasteiger partial charge < -0.3 is 4.40 Å². The highest BCUT2D eigenvalue weighted by atomic mass is 32.1. The van der Waals surface area contributed by atoms with Gasteiger partial charge in [0.05, 0.1) is 27.9 Å². The van der Waals surface area contributed by atoms with E-state index in [1.165, 1.54) is 86.1 Å². The molecule has 0 unspecified atom stereocenters. The molecule has 0 N–H and O–H groups in total. The Bertz CT molecular complexity index is 4200. The van der Waals surface area contributed by atoms with Gasteiger partial charge in [-0.25, -0.2) is 9.97 Å². The molecule has 0 saturated carbocycles. The van der Waals surface area contributed by atoms with Gasteiger partial charge in [0.1, 0.15) is 0 Å². The van der Waals surface area contributed by atoms with Crippen LogP contribution < -0.4 is 0 Å². The minimum atomic E-state index is 0.700. The van der Waals surface area contributed by atoms with Crippen molar-refractivity contribution in [3.05, 3.63) is 237 Å². The summed E-state index contributed by atoms with van der Waals surface area (Å²) in [4.78, 5) is 10.3. The first-order valence-electron chi connectivity index (χ1n) is 23.1. The maximum atomic E-state index is 5.13. The molecular weight excluding hydrogens is 843 g/mol. The molecule has 4 aromatic heterocycles. The van der Waals surface area contributed by atoms with E-state index in [0.717, 1.165) is 44.8 Å². The molecule has 0 fully saturated rings. The smallest absolute Gasteiger partial charge is 0.160 e. The Morgan fingerprint density at radius 2 is 0.765 bits per heavy atom. The number of fused-ring (bicyclic) bond motifs is 9. The summed E-state index contributed by atoms with van der Waals surface area (Å²) in [5.41, 5.74) is 18.1. The van der Waals surface area contributed by atoms with Crippen molar-refractivity contribution in [3.8, 4) is 78.4 Å². The predicted molar refractivity (Wildman–Crippen MR) is 288 cm³/mol. The molecule has 0 atom stereocenters. The second-order valence-electron chi connectivity index (χ2n) is 17.7. The number of hydrogen-bond donors (Lipinski definition) is 0. The molecule has 0 saturated heterocycles. The Balaban J connectivity index is 0.873. The van der Waals surface area contributed by atoms with Gasteiger partial charge in [0, 0.05) is 64.0 Å². The molecule has 68 heavy (non-hydrogen) atoms. The summed E-state index contributed by atoms with van der Waals surface area (Å²) in [6.07, 6.45) is 0. The van der Waals surface area contributed by atoms with Gasteiger partial charge in [-0.2, -0.15) is 0 Å². The predicted octanol–water partition coefficient (Wildman–Crippen LogP) is 17.7. The zero-order valence-electron chi connectivity index (χ0n) is 36.8. The quantitative estimate of drug-likeness (QED) is 0.160. The molecule has 0 bridgehead atoms. The summed E-state index contributed by atoms with van der Waals surface area (Å²) in [5, 5.41) is 7.76. The van der Waals surface area contributed by atoms with E-state index in [4.69, 9.17) is 9.97 Å². The second-order valence-corrected chi connectivity index (χ2v) is 18.8. The summed E-state index contributed by atoms with van der Waals surface area (Å²) >= 11 is 1.87. The van der Waals surface area contributed by atoms with E-state index < -0.39 is 0 Å². The Morgan fingerprint density at radius 1 is 0.294 bits per heavy atom. The number of rotatable bonds is 7. The van der Waals surface area contributed by atoms with Gasteiger partial charge >= 0.3 is 0 Å². The first kappa shape index (κ1) is 38.6. The number of thiophene rings is 1. The number of para-hydroxylation sites is 2. The average Bonchev–Trinajstić information content (AvgIpc) is 4.09. The lowest BCUT2D eigenvalue weighted by atomic mass is 9.94. The van der Waals surface area contributed by atoms with E-state index in [0.29, 0.717) is 5.82 Å². The first-order valence-corrected chi connectivity index (χ1v) is 24.0. The van der Waals surface area contributed by atoms with Gasteiger partial charge in [0.25, 0.3) is 0 Å². The fourth-order valence-corrected chi connectivity index (χ4v) is 11.7. The van der Waals surface area contributed by atoms with Crippen molar-refractivity contribution in [3.63, 3.8) is 0 Å². The molecule has 0 amide bonds. The summed E-state index contributed by atoms with van der Waals surface area (Å²) in [6.45, 7) is 0. The van der Waals surface area contributed by atoms with Crippen LogP contribution in [0.3, 0.4) is 0 Å².